The van der Waals surface area contributed by atoms with Gasteiger partial charge in [0.2, 0.25) is 0 Å². The molecule has 0 saturated carbocycles. The van der Waals surface area contributed by atoms with E-state index in [0.717, 1.165) is 16.6 Å². The monoisotopic (exact) mass is 267 g/mol. The lowest BCUT2D eigenvalue weighted by atomic mass is 10.7. The predicted octanol–water partition coefficient (Wildman–Crippen LogP) is 0.264. The van der Waals surface area contributed by atoms with E-state index in [0.29, 0.717) is 6.54 Å². The number of aromatic nitrogens is 2. The lowest BCUT2D eigenvalue weighted by Gasteiger charge is -2.01. The molecule has 0 aliphatic rings. The molecule has 1 aromatic heterocycles. The fourth-order valence-corrected chi connectivity index (χ4v) is 2.75. The molecule has 1 aromatic rings. The number of rotatable bonds is 7. The van der Waals surface area contributed by atoms with Crippen LogP contribution in [0.4, 0.5) is 0 Å². The summed E-state index contributed by atoms with van der Waals surface area (Å²) < 4.78 is 26.4. The number of nitrogens with zero attached hydrogens (tertiary/aromatic N) is 2. The van der Waals surface area contributed by atoms with Crippen molar-refractivity contribution >= 4 is 33.1 Å². The molecule has 0 aliphatic carbocycles. The van der Waals surface area contributed by atoms with Crippen molar-refractivity contribution in [3.05, 3.63) is 6.33 Å². The van der Waals surface area contributed by atoms with E-state index >= 15 is 0 Å². The molecular weight excluding hydrogens is 254 g/mol. The molecule has 15 heavy (non-hydrogen) atoms. The Labute approximate surface area is 97.8 Å². The summed E-state index contributed by atoms with van der Waals surface area (Å²) in [6, 6.07) is 0. The van der Waals surface area contributed by atoms with E-state index in [1.807, 2.05) is 0 Å². The molecule has 0 aromatic carbocycles. The van der Waals surface area contributed by atoms with Gasteiger partial charge in [-0.15, -0.1) is 0 Å². The van der Waals surface area contributed by atoms with Gasteiger partial charge in [0.25, 0.3) is 0 Å². The van der Waals surface area contributed by atoms with Crippen molar-refractivity contribution in [2.45, 2.75) is 4.34 Å². The Kier molecular flexibility index (Phi) is 5.51. The first-order valence-corrected chi connectivity index (χ1v) is 8.18. The Balaban J connectivity index is 1.99. The van der Waals surface area contributed by atoms with Crippen LogP contribution in [0.1, 0.15) is 0 Å². The Morgan fingerprint density at radius 1 is 1.53 bits per heavy atom. The van der Waals surface area contributed by atoms with Gasteiger partial charge in [-0.1, -0.05) is 11.8 Å². The van der Waals surface area contributed by atoms with Crippen molar-refractivity contribution in [1.29, 1.82) is 0 Å². The third kappa shape index (κ3) is 6.82. The van der Waals surface area contributed by atoms with E-state index < -0.39 is 9.84 Å². The van der Waals surface area contributed by atoms with Gasteiger partial charge >= 0.3 is 0 Å². The van der Waals surface area contributed by atoms with Crippen LogP contribution in [0.25, 0.3) is 0 Å². The second-order valence-corrected chi connectivity index (χ2v) is 7.32. The molecule has 1 rings (SSSR count). The van der Waals surface area contributed by atoms with Crippen molar-refractivity contribution in [2.24, 2.45) is 0 Å². The normalized spacial score (nSPS) is 11.8. The van der Waals surface area contributed by atoms with E-state index in [2.05, 4.69) is 14.7 Å². The minimum Gasteiger partial charge on any atom is -0.315 e. The van der Waals surface area contributed by atoms with Crippen LogP contribution in [0.15, 0.2) is 10.7 Å². The lowest BCUT2D eigenvalue weighted by Crippen LogP contribution is -2.24. The SMILES string of the molecule is CS(=O)(=O)CCNCCSc1ncns1. The summed E-state index contributed by atoms with van der Waals surface area (Å²) in [4.78, 5) is 4.02. The van der Waals surface area contributed by atoms with E-state index in [-0.39, 0.29) is 5.75 Å². The molecule has 8 heteroatoms. The van der Waals surface area contributed by atoms with Crippen molar-refractivity contribution in [3.63, 3.8) is 0 Å². The van der Waals surface area contributed by atoms with Gasteiger partial charge in [0, 0.05) is 25.1 Å². The van der Waals surface area contributed by atoms with Gasteiger partial charge < -0.3 is 5.32 Å². The average Bonchev–Trinajstić information content (AvgIpc) is 2.61. The second-order valence-electron chi connectivity index (χ2n) is 2.94. The van der Waals surface area contributed by atoms with Crippen LogP contribution >= 0.6 is 23.3 Å². The first kappa shape index (κ1) is 12.9. The van der Waals surface area contributed by atoms with Crippen LogP contribution in [0.3, 0.4) is 0 Å². The highest BCUT2D eigenvalue weighted by Crippen LogP contribution is 2.16. The number of thioether (sulfide) groups is 1. The van der Waals surface area contributed by atoms with Gasteiger partial charge in [0.1, 0.15) is 16.2 Å². The highest BCUT2D eigenvalue weighted by molar-refractivity contribution is 8.00. The van der Waals surface area contributed by atoms with Gasteiger partial charge in [-0.05, 0) is 11.5 Å². The number of hydrogen-bond donors (Lipinski definition) is 1. The summed E-state index contributed by atoms with van der Waals surface area (Å²) in [6.45, 7) is 1.29. The molecule has 0 bridgehead atoms. The fourth-order valence-electron chi connectivity index (χ4n) is 0.820. The molecule has 0 atom stereocenters. The minimum atomic E-state index is -2.84. The molecule has 0 aliphatic heterocycles. The Morgan fingerprint density at radius 2 is 2.33 bits per heavy atom. The highest BCUT2D eigenvalue weighted by atomic mass is 32.2. The number of sulfone groups is 1. The predicted molar refractivity (Wildman–Crippen MR) is 63.2 cm³/mol. The van der Waals surface area contributed by atoms with Crippen LogP contribution in [-0.2, 0) is 9.84 Å². The summed E-state index contributed by atoms with van der Waals surface area (Å²) in [5.74, 6) is 1.06. The zero-order chi connectivity index (χ0) is 11.1. The van der Waals surface area contributed by atoms with E-state index in [9.17, 15) is 8.42 Å². The molecule has 0 amide bonds. The Hall–Kier alpha value is -0.180. The first-order chi connectivity index (χ1) is 7.08. The topological polar surface area (TPSA) is 72.0 Å². The summed E-state index contributed by atoms with van der Waals surface area (Å²) in [6.07, 6.45) is 2.77. The Bertz CT molecular complexity index is 363. The van der Waals surface area contributed by atoms with Gasteiger partial charge in [-0.2, -0.15) is 4.37 Å². The standard InChI is InChI=1S/C7H13N3O2S3/c1-15(11,12)5-3-8-2-4-13-7-9-6-10-14-7/h6,8H,2-5H2,1H3. The second kappa shape index (κ2) is 6.41. The third-order valence-electron chi connectivity index (χ3n) is 1.50. The lowest BCUT2D eigenvalue weighted by molar-refractivity contribution is 0.598. The summed E-state index contributed by atoms with van der Waals surface area (Å²) in [7, 11) is -2.84. The van der Waals surface area contributed by atoms with Crippen molar-refractivity contribution < 1.29 is 8.42 Å². The quantitative estimate of drug-likeness (QED) is 0.564. The average molecular weight is 267 g/mol. The zero-order valence-corrected chi connectivity index (χ0v) is 10.8. The van der Waals surface area contributed by atoms with Gasteiger partial charge in [0.05, 0.1) is 5.75 Å². The van der Waals surface area contributed by atoms with Crippen LogP contribution in [-0.4, -0.2) is 48.6 Å². The molecule has 86 valence electrons. The largest absolute Gasteiger partial charge is 0.315 e. The first-order valence-electron chi connectivity index (χ1n) is 4.36. The van der Waals surface area contributed by atoms with E-state index in [4.69, 9.17) is 0 Å². The molecular formula is C7H13N3O2S3. The van der Waals surface area contributed by atoms with Crippen LogP contribution in [0, 0.1) is 0 Å². The maximum absolute atomic E-state index is 10.8. The molecule has 1 heterocycles. The van der Waals surface area contributed by atoms with E-state index in [1.165, 1.54) is 24.1 Å². The highest BCUT2D eigenvalue weighted by Gasteiger charge is 2.01. The zero-order valence-electron chi connectivity index (χ0n) is 8.34. The smallest absolute Gasteiger partial charge is 0.169 e. The molecule has 0 spiro atoms. The van der Waals surface area contributed by atoms with Gasteiger partial charge in [0.15, 0.2) is 4.34 Å². The summed E-state index contributed by atoms with van der Waals surface area (Å²) in [5.41, 5.74) is 0. The van der Waals surface area contributed by atoms with E-state index in [1.54, 1.807) is 11.8 Å². The van der Waals surface area contributed by atoms with Crippen LogP contribution < -0.4 is 5.32 Å². The number of hydrogen-bond acceptors (Lipinski definition) is 7. The Morgan fingerprint density at radius 3 is 2.93 bits per heavy atom. The molecule has 0 saturated heterocycles. The summed E-state index contributed by atoms with van der Waals surface area (Å²) >= 11 is 2.99. The third-order valence-corrected chi connectivity index (χ3v) is 4.24. The molecule has 0 fully saturated rings. The van der Waals surface area contributed by atoms with Gasteiger partial charge in [-0.3, -0.25) is 0 Å². The van der Waals surface area contributed by atoms with Crippen molar-refractivity contribution in [3.8, 4) is 0 Å². The van der Waals surface area contributed by atoms with Gasteiger partial charge in [-0.25, -0.2) is 13.4 Å². The van der Waals surface area contributed by atoms with Crippen molar-refractivity contribution in [2.75, 3.05) is 30.9 Å². The summed E-state index contributed by atoms with van der Waals surface area (Å²) in [5, 5.41) is 3.06. The fraction of sp³-hybridized carbons (Fsp3) is 0.714. The molecule has 0 unspecified atom stereocenters. The number of nitrogens with one attached hydrogen (secondary N) is 1. The van der Waals surface area contributed by atoms with Crippen molar-refractivity contribution in [1.82, 2.24) is 14.7 Å². The molecule has 5 nitrogen and oxygen atoms in total. The molecule has 0 radical (unpaired) electrons. The maximum atomic E-state index is 10.8. The maximum Gasteiger partial charge on any atom is 0.169 e. The minimum absolute atomic E-state index is 0.191. The molecule has 1 N–H and O–H groups in total. The van der Waals surface area contributed by atoms with Crippen LogP contribution in [0.5, 0.6) is 0 Å². The van der Waals surface area contributed by atoms with Crippen LogP contribution in [0.2, 0.25) is 0 Å².